The van der Waals surface area contributed by atoms with Gasteiger partial charge in [0.05, 0.1) is 13.2 Å². The van der Waals surface area contributed by atoms with E-state index in [2.05, 4.69) is 15.5 Å². The lowest BCUT2D eigenvalue weighted by molar-refractivity contribution is 0.0516. The molecule has 0 unspecified atom stereocenters. The van der Waals surface area contributed by atoms with E-state index in [9.17, 15) is 9.59 Å². The molecular weight excluding hydrogens is 320 g/mol. The van der Waals surface area contributed by atoms with Gasteiger partial charge in [-0.3, -0.25) is 5.10 Å². The Hall–Kier alpha value is -2.83. The maximum atomic E-state index is 12.4. The molecule has 3 rings (SSSR count). The largest absolute Gasteiger partial charge is 0.461 e. The number of hydrogen-bond acceptors (Lipinski definition) is 4. The quantitative estimate of drug-likeness (QED) is 0.813. The molecule has 0 saturated carbocycles. The summed E-state index contributed by atoms with van der Waals surface area (Å²) in [6, 6.07) is 9.89. The van der Waals surface area contributed by atoms with Crippen LogP contribution < -0.4 is 5.32 Å². The monoisotopic (exact) mass is 342 g/mol. The Morgan fingerprint density at radius 2 is 2.12 bits per heavy atom. The van der Waals surface area contributed by atoms with Gasteiger partial charge in [-0.25, -0.2) is 9.59 Å². The lowest BCUT2D eigenvalue weighted by Crippen LogP contribution is -2.43. The van der Waals surface area contributed by atoms with E-state index in [0.29, 0.717) is 32.7 Å². The van der Waals surface area contributed by atoms with Crippen LogP contribution in [0.3, 0.4) is 0 Å². The second-order valence-corrected chi connectivity index (χ2v) is 5.89. The van der Waals surface area contributed by atoms with Crippen molar-refractivity contribution in [2.45, 2.75) is 26.3 Å². The smallest absolute Gasteiger partial charge is 0.359 e. The number of aromatic amines is 1. The Morgan fingerprint density at radius 1 is 1.32 bits per heavy atom. The van der Waals surface area contributed by atoms with Crippen molar-refractivity contribution >= 4 is 12.0 Å². The van der Waals surface area contributed by atoms with Crippen LogP contribution in [-0.4, -0.2) is 46.8 Å². The summed E-state index contributed by atoms with van der Waals surface area (Å²) in [6.45, 7) is 3.57. The predicted octanol–water partition coefficient (Wildman–Crippen LogP) is 1.90. The van der Waals surface area contributed by atoms with E-state index in [1.807, 2.05) is 30.3 Å². The van der Waals surface area contributed by atoms with Gasteiger partial charge in [0.2, 0.25) is 0 Å². The van der Waals surface area contributed by atoms with Crippen LogP contribution in [0.25, 0.3) is 0 Å². The summed E-state index contributed by atoms with van der Waals surface area (Å²) in [5.41, 5.74) is 3.11. The van der Waals surface area contributed by atoms with Crippen molar-refractivity contribution in [1.82, 2.24) is 20.4 Å². The minimum Gasteiger partial charge on any atom is -0.461 e. The normalized spacial score (nSPS) is 13.2. The number of fused-ring (bicyclic) bond motifs is 1. The van der Waals surface area contributed by atoms with E-state index in [4.69, 9.17) is 4.74 Å². The second kappa shape index (κ2) is 7.83. The van der Waals surface area contributed by atoms with Gasteiger partial charge in [0.25, 0.3) is 0 Å². The molecule has 7 heteroatoms. The Labute approximate surface area is 146 Å². The minimum absolute atomic E-state index is 0.127. The number of rotatable bonds is 5. The SMILES string of the molecule is CCOC(=O)c1n[nH]c2c1CN(C(=O)NCCc1ccccc1)CC2. The van der Waals surface area contributed by atoms with Crippen molar-refractivity contribution in [3.63, 3.8) is 0 Å². The van der Waals surface area contributed by atoms with Gasteiger partial charge in [0.1, 0.15) is 0 Å². The lowest BCUT2D eigenvalue weighted by atomic mass is 10.1. The van der Waals surface area contributed by atoms with Crippen molar-refractivity contribution < 1.29 is 14.3 Å². The van der Waals surface area contributed by atoms with Crippen LogP contribution >= 0.6 is 0 Å². The molecule has 1 aromatic carbocycles. The summed E-state index contributed by atoms with van der Waals surface area (Å²) in [5.74, 6) is -0.452. The Balaban J connectivity index is 1.57. The number of aromatic nitrogens is 2. The van der Waals surface area contributed by atoms with Crippen LogP contribution in [0.5, 0.6) is 0 Å². The van der Waals surface area contributed by atoms with Crippen LogP contribution in [0.4, 0.5) is 4.79 Å². The van der Waals surface area contributed by atoms with Crippen molar-refractivity contribution in [3.05, 3.63) is 52.8 Å². The van der Waals surface area contributed by atoms with Gasteiger partial charge >= 0.3 is 12.0 Å². The molecule has 0 fully saturated rings. The number of amides is 2. The topological polar surface area (TPSA) is 87.3 Å². The minimum atomic E-state index is -0.452. The zero-order valence-electron chi connectivity index (χ0n) is 14.2. The van der Waals surface area contributed by atoms with Gasteiger partial charge in [0, 0.05) is 30.8 Å². The molecule has 2 N–H and O–H groups in total. The number of benzene rings is 1. The summed E-state index contributed by atoms with van der Waals surface area (Å²) < 4.78 is 5.02. The summed E-state index contributed by atoms with van der Waals surface area (Å²) in [6.07, 6.45) is 1.43. The van der Waals surface area contributed by atoms with Crippen molar-refractivity contribution in [1.29, 1.82) is 0 Å². The molecule has 1 aromatic heterocycles. The number of urea groups is 1. The van der Waals surface area contributed by atoms with Gasteiger partial charge in [-0.05, 0) is 18.9 Å². The molecule has 0 aliphatic carbocycles. The van der Waals surface area contributed by atoms with Gasteiger partial charge < -0.3 is 15.0 Å². The zero-order chi connectivity index (χ0) is 17.6. The third-order valence-electron chi connectivity index (χ3n) is 4.22. The molecule has 2 aromatic rings. The maximum absolute atomic E-state index is 12.4. The average Bonchev–Trinajstić information content (AvgIpc) is 3.06. The number of nitrogens with zero attached hydrogens (tertiary/aromatic N) is 2. The lowest BCUT2D eigenvalue weighted by Gasteiger charge is -2.27. The molecule has 2 heterocycles. The number of esters is 1. The molecule has 0 spiro atoms. The van der Waals surface area contributed by atoms with E-state index in [1.165, 1.54) is 5.56 Å². The molecule has 132 valence electrons. The maximum Gasteiger partial charge on any atom is 0.359 e. The number of carbonyl (C=O) groups excluding carboxylic acids is 2. The van der Waals surface area contributed by atoms with Crippen molar-refractivity contribution in [3.8, 4) is 0 Å². The van der Waals surface area contributed by atoms with Gasteiger partial charge in [-0.15, -0.1) is 0 Å². The summed E-state index contributed by atoms with van der Waals surface area (Å²) in [5, 5.41) is 9.87. The molecule has 25 heavy (non-hydrogen) atoms. The Bertz CT molecular complexity index is 742. The molecule has 1 aliphatic rings. The fourth-order valence-electron chi connectivity index (χ4n) is 2.91. The van der Waals surface area contributed by atoms with Crippen molar-refractivity contribution in [2.24, 2.45) is 0 Å². The molecule has 2 amide bonds. The fourth-order valence-corrected chi connectivity index (χ4v) is 2.91. The first-order valence-electron chi connectivity index (χ1n) is 8.49. The molecule has 0 radical (unpaired) electrons. The highest BCUT2D eigenvalue weighted by atomic mass is 16.5. The first-order chi connectivity index (χ1) is 12.2. The Morgan fingerprint density at radius 3 is 2.88 bits per heavy atom. The molecule has 0 bridgehead atoms. The Kier molecular flexibility index (Phi) is 5.33. The molecular formula is C18H22N4O3. The van der Waals surface area contributed by atoms with Crippen LogP contribution in [0, 0.1) is 0 Å². The standard InChI is InChI=1S/C18H22N4O3/c1-2-25-17(23)16-14-12-22(11-9-15(14)20-21-16)18(24)19-10-8-13-6-4-3-5-7-13/h3-7H,2,8-12H2,1H3,(H,19,24)(H,20,21). The van der Waals surface area contributed by atoms with E-state index < -0.39 is 5.97 Å². The van der Waals surface area contributed by atoms with Crippen molar-refractivity contribution in [2.75, 3.05) is 19.7 Å². The third-order valence-corrected chi connectivity index (χ3v) is 4.22. The number of H-pyrrole nitrogens is 1. The highest BCUT2D eigenvalue weighted by Gasteiger charge is 2.28. The first-order valence-corrected chi connectivity index (χ1v) is 8.49. The highest BCUT2D eigenvalue weighted by molar-refractivity contribution is 5.89. The summed E-state index contributed by atoms with van der Waals surface area (Å²) in [7, 11) is 0. The molecule has 1 aliphatic heterocycles. The molecule has 0 atom stereocenters. The zero-order valence-corrected chi connectivity index (χ0v) is 14.2. The van der Waals surface area contributed by atoms with Crippen LogP contribution in [0.2, 0.25) is 0 Å². The third kappa shape index (κ3) is 3.99. The number of hydrogen-bond donors (Lipinski definition) is 2. The van der Waals surface area contributed by atoms with Crippen LogP contribution in [0.1, 0.15) is 34.2 Å². The summed E-state index contributed by atoms with van der Waals surface area (Å²) in [4.78, 5) is 26.1. The van der Waals surface area contributed by atoms with Gasteiger partial charge in [-0.2, -0.15) is 5.10 Å². The van der Waals surface area contributed by atoms with E-state index >= 15 is 0 Å². The van der Waals surface area contributed by atoms with Gasteiger partial charge in [0.15, 0.2) is 5.69 Å². The number of carbonyl (C=O) groups is 2. The predicted molar refractivity (Wildman–Crippen MR) is 92.2 cm³/mol. The number of ether oxygens (including phenoxy) is 1. The highest BCUT2D eigenvalue weighted by Crippen LogP contribution is 2.21. The van der Waals surface area contributed by atoms with E-state index in [0.717, 1.165) is 17.7 Å². The van der Waals surface area contributed by atoms with E-state index in [-0.39, 0.29) is 11.7 Å². The number of nitrogens with one attached hydrogen (secondary N) is 2. The fraction of sp³-hybridized carbons (Fsp3) is 0.389. The van der Waals surface area contributed by atoms with Gasteiger partial charge in [-0.1, -0.05) is 30.3 Å². The van der Waals surface area contributed by atoms with E-state index in [1.54, 1.807) is 11.8 Å². The average molecular weight is 342 g/mol. The second-order valence-electron chi connectivity index (χ2n) is 5.89. The summed E-state index contributed by atoms with van der Waals surface area (Å²) >= 11 is 0. The van der Waals surface area contributed by atoms with Crippen LogP contribution in [0.15, 0.2) is 30.3 Å². The molecule has 0 saturated heterocycles. The van der Waals surface area contributed by atoms with Crippen LogP contribution in [-0.2, 0) is 24.1 Å². The molecule has 7 nitrogen and oxygen atoms in total. The first kappa shape index (κ1) is 17.0.